The van der Waals surface area contributed by atoms with Crippen molar-refractivity contribution in [2.75, 3.05) is 0 Å². The highest BCUT2D eigenvalue weighted by Crippen LogP contribution is 2.55. The van der Waals surface area contributed by atoms with Crippen molar-refractivity contribution < 1.29 is 0 Å². The molecule has 0 bridgehead atoms. The molecular formula is C66H90N6. The second-order valence-corrected chi connectivity index (χ2v) is 15.7. The molecule has 2 heterocycles. The van der Waals surface area contributed by atoms with Crippen LogP contribution in [0.2, 0.25) is 0 Å². The van der Waals surface area contributed by atoms with E-state index in [0.29, 0.717) is 0 Å². The first-order valence-corrected chi connectivity index (χ1v) is 26.9. The van der Waals surface area contributed by atoms with Crippen LogP contribution in [0.1, 0.15) is 179 Å². The molecule has 0 aliphatic heterocycles. The van der Waals surface area contributed by atoms with Crippen molar-refractivity contribution in [3.05, 3.63) is 226 Å². The summed E-state index contributed by atoms with van der Waals surface area (Å²) in [6, 6.07) is 56.9. The number of hydrogen-bond donors (Lipinski definition) is 0. The summed E-state index contributed by atoms with van der Waals surface area (Å²) in [5.74, 6) is 5.00. The molecule has 0 unspecified atom stereocenters. The third kappa shape index (κ3) is 15.7. The minimum atomic E-state index is -0.254. The van der Waals surface area contributed by atoms with Gasteiger partial charge in [-0.25, -0.2) is 29.9 Å². The number of benzene rings is 6. The monoisotopic (exact) mass is 967 g/mol. The second kappa shape index (κ2) is 33.8. The normalized spacial score (nSPS) is 11.4. The van der Waals surface area contributed by atoms with Gasteiger partial charge in [-0.15, -0.1) is 0 Å². The molecule has 2 aliphatic carbocycles. The van der Waals surface area contributed by atoms with Gasteiger partial charge in [0.1, 0.15) is 34.9 Å². The van der Waals surface area contributed by atoms with E-state index in [1.165, 1.54) is 55.6 Å². The number of aromatic nitrogens is 6. The maximum Gasteiger partial charge on any atom is 0.132 e. The maximum atomic E-state index is 4.13. The molecule has 6 heteroatoms. The Morgan fingerprint density at radius 2 is 0.514 bits per heavy atom. The first-order chi connectivity index (χ1) is 35.1. The summed E-state index contributed by atoms with van der Waals surface area (Å²) < 4.78 is 0. The van der Waals surface area contributed by atoms with Crippen molar-refractivity contribution in [1.82, 2.24) is 29.9 Å². The van der Waals surface area contributed by atoms with Gasteiger partial charge in [0, 0.05) is 18.3 Å². The molecule has 0 saturated carbocycles. The summed E-state index contributed by atoms with van der Waals surface area (Å²) in [4.78, 5) is 24.6. The molecule has 6 nitrogen and oxygen atoms in total. The standard InChI is InChI=1S/C25H18.C15H14.2C7H11N3.6C2H6/c1-3-11-19(12-4-1)25(20-13-5-2-6-14-20)23-17-9-7-15-21(23)22-16-8-10-18-24(22)25;1-15(2)13-9-5-3-7-11(13)12-8-4-6-10-14(12)15;2*1-4-7-9-5(2)8-6(3)10-7;6*1-2/h1-18H;3-10H,1-2H3;2*4H2,1-3H3;6*1-2H3. The highest BCUT2D eigenvalue weighted by molar-refractivity contribution is 5.86. The van der Waals surface area contributed by atoms with Crippen LogP contribution >= 0.6 is 0 Å². The van der Waals surface area contributed by atoms with Crippen LogP contribution in [0, 0.1) is 27.7 Å². The van der Waals surface area contributed by atoms with Crippen LogP contribution in [0.25, 0.3) is 22.3 Å². The molecule has 0 spiro atoms. The molecule has 0 atom stereocenters. The summed E-state index contributed by atoms with van der Waals surface area (Å²) in [7, 11) is 0. The molecule has 2 aliphatic rings. The number of aryl methyl sites for hydroxylation is 6. The lowest BCUT2D eigenvalue weighted by molar-refractivity contribution is 0.660. The van der Waals surface area contributed by atoms with Gasteiger partial charge in [0.05, 0.1) is 5.41 Å². The SMILES string of the molecule is CC.CC.CC.CC.CC.CC.CC1(C)c2ccccc2-c2ccccc21.CCc1nc(C)nc(C)n1.CCc1nc(C)nc(C)n1.c1ccc(C2(c3ccccc3)c3ccccc3-c3ccccc32)cc1. The highest BCUT2D eigenvalue weighted by Gasteiger charge is 2.45. The van der Waals surface area contributed by atoms with E-state index in [9.17, 15) is 0 Å². The molecule has 0 radical (unpaired) electrons. The molecule has 2 aromatic heterocycles. The zero-order valence-electron chi connectivity index (χ0n) is 48.1. The first kappa shape index (κ1) is 63.4. The Morgan fingerprint density at radius 3 is 0.778 bits per heavy atom. The molecule has 0 fully saturated rings. The predicted molar refractivity (Wildman–Crippen MR) is 313 cm³/mol. The number of rotatable bonds is 4. The highest BCUT2D eigenvalue weighted by atomic mass is 15.0. The van der Waals surface area contributed by atoms with Crippen LogP contribution in [0.3, 0.4) is 0 Å². The Hall–Kier alpha value is -6.66. The van der Waals surface area contributed by atoms with Gasteiger partial charge < -0.3 is 0 Å². The van der Waals surface area contributed by atoms with Gasteiger partial charge in [-0.2, -0.15) is 0 Å². The molecule has 10 rings (SSSR count). The van der Waals surface area contributed by atoms with E-state index < -0.39 is 0 Å². The van der Waals surface area contributed by atoms with Gasteiger partial charge >= 0.3 is 0 Å². The van der Waals surface area contributed by atoms with Crippen molar-refractivity contribution in [3.63, 3.8) is 0 Å². The van der Waals surface area contributed by atoms with E-state index in [-0.39, 0.29) is 10.8 Å². The van der Waals surface area contributed by atoms with Crippen molar-refractivity contribution >= 4 is 0 Å². The van der Waals surface area contributed by atoms with Crippen LogP contribution in [0.5, 0.6) is 0 Å². The lowest BCUT2D eigenvalue weighted by Crippen LogP contribution is -2.28. The first-order valence-electron chi connectivity index (χ1n) is 26.9. The summed E-state index contributed by atoms with van der Waals surface area (Å²) >= 11 is 0. The molecule has 384 valence electrons. The zero-order chi connectivity index (χ0) is 54.3. The van der Waals surface area contributed by atoms with E-state index in [1.807, 2.05) is 125 Å². The molecular weight excluding hydrogens is 877 g/mol. The Labute approximate surface area is 438 Å². The smallest absolute Gasteiger partial charge is 0.132 e. The predicted octanol–water partition coefficient (Wildman–Crippen LogP) is 18.3. The van der Waals surface area contributed by atoms with Crippen LogP contribution in [-0.4, -0.2) is 29.9 Å². The van der Waals surface area contributed by atoms with Gasteiger partial charge in [-0.1, -0.05) is 269 Å². The quantitative estimate of drug-likeness (QED) is 0.175. The Bertz CT molecular complexity index is 2480. The Balaban J connectivity index is 0.000000476. The minimum absolute atomic E-state index is 0.160. The summed E-state index contributed by atoms with van der Waals surface area (Å²) in [6.45, 7) is 40.2. The molecule has 6 aromatic carbocycles. The number of nitrogens with zero attached hydrogens (tertiary/aromatic N) is 6. The summed E-state index contributed by atoms with van der Waals surface area (Å²) in [5.41, 5.74) is 13.7. The van der Waals surface area contributed by atoms with Crippen molar-refractivity contribution in [2.24, 2.45) is 0 Å². The Morgan fingerprint density at radius 1 is 0.292 bits per heavy atom. The average Bonchev–Trinajstić information content (AvgIpc) is 3.88. The van der Waals surface area contributed by atoms with E-state index in [2.05, 4.69) is 201 Å². The third-order valence-corrected chi connectivity index (χ3v) is 11.3. The lowest BCUT2D eigenvalue weighted by Gasteiger charge is -2.33. The van der Waals surface area contributed by atoms with Crippen LogP contribution in [0.15, 0.2) is 158 Å². The maximum absolute atomic E-state index is 4.13. The van der Waals surface area contributed by atoms with Gasteiger partial charge in [0.2, 0.25) is 0 Å². The third-order valence-electron chi connectivity index (χ3n) is 11.3. The van der Waals surface area contributed by atoms with E-state index >= 15 is 0 Å². The van der Waals surface area contributed by atoms with E-state index in [0.717, 1.165) is 47.8 Å². The fourth-order valence-electron chi connectivity index (χ4n) is 8.75. The van der Waals surface area contributed by atoms with Crippen LogP contribution in [0.4, 0.5) is 0 Å². The van der Waals surface area contributed by atoms with Crippen molar-refractivity contribution in [2.45, 2.75) is 162 Å². The van der Waals surface area contributed by atoms with Gasteiger partial charge in [-0.05, 0) is 83.3 Å². The fraction of sp³-hybridized carbons (Fsp3) is 0.364. The van der Waals surface area contributed by atoms with Crippen LogP contribution in [-0.2, 0) is 23.7 Å². The summed E-state index contributed by atoms with van der Waals surface area (Å²) in [5, 5.41) is 0. The van der Waals surface area contributed by atoms with Crippen molar-refractivity contribution in [3.8, 4) is 22.3 Å². The molecule has 0 saturated heterocycles. The lowest BCUT2D eigenvalue weighted by atomic mass is 9.68. The van der Waals surface area contributed by atoms with Crippen LogP contribution < -0.4 is 0 Å². The molecule has 0 N–H and O–H groups in total. The largest absolute Gasteiger partial charge is 0.219 e. The van der Waals surface area contributed by atoms with Gasteiger partial charge in [-0.3, -0.25) is 0 Å². The van der Waals surface area contributed by atoms with E-state index in [1.54, 1.807) is 0 Å². The van der Waals surface area contributed by atoms with Crippen molar-refractivity contribution in [1.29, 1.82) is 0 Å². The molecule has 0 amide bonds. The zero-order valence-corrected chi connectivity index (χ0v) is 48.1. The summed E-state index contributed by atoms with van der Waals surface area (Å²) in [6.07, 6.45) is 1.76. The average molecular weight is 967 g/mol. The molecule has 8 aromatic rings. The second-order valence-electron chi connectivity index (χ2n) is 15.7. The minimum Gasteiger partial charge on any atom is -0.219 e. The molecule has 72 heavy (non-hydrogen) atoms. The van der Waals surface area contributed by atoms with Gasteiger partial charge in [0.15, 0.2) is 0 Å². The van der Waals surface area contributed by atoms with E-state index in [4.69, 9.17) is 0 Å². The fourth-order valence-corrected chi connectivity index (χ4v) is 8.75. The topological polar surface area (TPSA) is 77.3 Å². The number of hydrogen-bond acceptors (Lipinski definition) is 6. The Kier molecular flexibility index (Phi) is 29.8. The number of fused-ring (bicyclic) bond motifs is 6. The van der Waals surface area contributed by atoms with Gasteiger partial charge in [0.25, 0.3) is 0 Å².